The first-order valence-corrected chi connectivity index (χ1v) is 27.0. The van der Waals surface area contributed by atoms with Gasteiger partial charge in [-0.3, -0.25) is 4.79 Å². The Labute approximate surface area is 385 Å². The third-order valence-electron chi connectivity index (χ3n) is 12.5. The second-order valence-electron chi connectivity index (χ2n) is 18.6. The molecule has 0 heterocycles. The van der Waals surface area contributed by atoms with Crippen LogP contribution in [-0.2, 0) is 4.79 Å². The van der Waals surface area contributed by atoms with Gasteiger partial charge >= 0.3 is 0 Å². The molecular weight excluding hydrogens is 767 g/mol. The number of allylic oxidation sites excluding steroid dienone is 8. The van der Waals surface area contributed by atoms with Crippen molar-refractivity contribution >= 4 is 5.91 Å². The minimum Gasteiger partial charge on any atom is -0.394 e. The number of amides is 1. The van der Waals surface area contributed by atoms with Gasteiger partial charge in [-0.2, -0.15) is 0 Å². The number of carbonyl (C=O) groups excluding carboxylic acids is 1. The van der Waals surface area contributed by atoms with Crippen LogP contribution in [0, 0.1) is 0 Å². The van der Waals surface area contributed by atoms with E-state index in [9.17, 15) is 25.2 Å². The van der Waals surface area contributed by atoms with Crippen LogP contribution in [0.3, 0.4) is 0 Å². The van der Waals surface area contributed by atoms with Gasteiger partial charge in [0.1, 0.15) is 12.2 Å². The number of hydrogen-bond acceptors (Lipinski definition) is 5. The number of aliphatic hydroxyl groups is 4. The van der Waals surface area contributed by atoms with Crippen molar-refractivity contribution in [2.24, 2.45) is 0 Å². The Balaban J connectivity index is 3.70. The Bertz CT molecular complexity index is 1020. The zero-order chi connectivity index (χ0) is 45.2. The minimum absolute atomic E-state index is 0.353. The smallest absolute Gasteiger partial charge is 0.249 e. The van der Waals surface area contributed by atoms with Crippen LogP contribution in [0.25, 0.3) is 0 Å². The fraction of sp³-hybridized carbons (Fsp3) is 0.839. The summed E-state index contributed by atoms with van der Waals surface area (Å²) in [6, 6.07) is -1.01. The van der Waals surface area contributed by atoms with Crippen LogP contribution in [-0.4, -0.2) is 57.3 Å². The van der Waals surface area contributed by atoms with Crippen molar-refractivity contribution in [3.8, 4) is 0 Å². The molecule has 0 spiro atoms. The van der Waals surface area contributed by atoms with Gasteiger partial charge in [0.2, 0.25) is 5.91 Å². The van der Waals surface area contributed by atoms with E-state index in [-0.39, 0.29) is 0 Å². The highest BCUT2D eigenvalue weighted by molar-refractivity contribution is 5.80. The highest BCUT2D eigenvalue weighted by atomic mass is 16.3. The maximum absolute atomic E-state index is 12.6. The highest BCUT2D eigenvalue weighted by Crippen LogP contribution is 2.17. The van der Waals surface area contributed by atoms with Crippen molar-refractivity contribution in [1.29, 1.82) is 0 Å². The lowest BCUT2D eigenvalue weighted by atomic mass is 10.00. The Morgan fingerprint density at radius 1 is 0.403 bits per heavy atom. The van der Waals surface area contributed by atoms with E-state index in [1.807, 2.05) is 0 Å². The molecule has 6 nitrogen and oxygen atoms in total. The van der Waals surface area contributed by atoms with Crippen LogP contribution in [0.2, 0.25) is 0 Å². The monoisotopic (exact) mass is 872 g/mol. The Morgan fingerprint density at radius 2 is 0.726 bits per heavy atom. The molecule has 0 rings (SSSR count). The molecule has 0 aromatic heterocycles. The molecule has 0 fully saturated rings. The molecule has 0 bridgehead atoms. The van der Waals surface area contributed by atoms with Crippen molar-refractivity contribution < 1.29 is 25.2 Å². The molecule has 0 saturated heterocycles. The third kappa shape index (κ3) is 43.5. The first-order chi connectivity index (χ1) is 30.5. The van der Waals surface area contributed by atoms with E-state index in [2.05, 4.69) is 67.8 Å². The fourth-order valence-electron chi connectivity index (χ4n) is 8.24. The minimum atomic E-state index is -1.29. The summed E-state index contributed by atoms with van der Waals surface area (Å²) >= 11 is 0. The SMILES string of the molecule is CCCCC/C=C\C=C/CCCCCCCCCCCC(O)C(=O)NC(CO)C(O)C(O)CCC/C=C/CC/C=C/CCCCCCCCCCCCCCCCCCCCC. The topological polar surface area (TPSA) is 110 Å². The Morgan fingerprint density at radius 3 is 1.15 bits per heavy atom. The predicted molar refractivity (Wildman–Crippen MR) is 270 cm³/mol. The van der Waals surface area contributed by atoms with Crippen LogP contribution in [0.5, 0.6) is 0 Å². The molecule has 62 heavy (non-hydrogen) atoms. The summed E-state index contributed by atoms with van der Waals surface area (Å²) in [5.41, 5.74) is 0. The van der Waals surface area contributed by atoms with Crippen molar-refractivity contribution in [2.75, 3.05) is 6.61 Å². The Hall–Kier alpha value is -1.73. The summed E-state index contributed by atoms with van der Waals surface area (Å²) in [7, 11) is 0. The van der Waals surface area contributed by atoms with Gasteiger partial charge in [-0.25, -0.2) is 0 Å². The number of hydrogen-bond donors (Lipinski definition) is 5. The average Bonchev–Trinajstić information content (AvgIpc) is 3.28. The lowest BCUT2D eigenvalue weighted by molar-refractivity contribution is -0.132. The molecule has 5 N–H and O–H groups in total. The lowest BCUT2D eigenvalue weighted by Gasteiger charge is -2.27. The molecular formula is C56H105NO5. The second-order valence-corrected chi connectivity index (χ2v) is 18.6. The maximum atomic E-state index is 12.6. The van der Waals surface area contributed by atoms with Gasteiger partial charge in [0.05, 0.1) is 18.8 Å². The summed E-state index contributed by atoms with van der Waals surface area (Å²) in [6.07, 6.45) is 63.2. The third-order valence-corrected chi connectivity index (χ3v) is 12.5. The Kier molecular flexibility index (Phi) is 48.9. The molecule has 0 aliphatic carbocycles. The molecule has 4 atom stereocenters. The van der Waals surface area contributed by atoms with Crippen LogP contribution in [0.15, 0.2) is 48.6 Å². The molecule has 4 unspecified atom stereocenters. The average molecular weight is 872 g/mol. The number of unbranched alkanes of at least 4 members (excludes halogenated alkanes) is 33. The molecule has 0 radical (unpaired) electrons. The standard InChI is InChI=1S/C56H105NO5/c1-3-5-7-9-11-13-15-17-19-21-23-24-25-26-27-28-29-30-31-32-34-35-37-39-41-43-45-47-49-53(59)55(61)52(51-58)57-56(62)54(60)50-48-46-44-42-40-38-36-33-22-20-18-16-14-12-10-8-6-4-2/h12,14,16,18,34-35,41,43,52-55,58-61H,3-11,13,15,17,19-33,36-40,42,44-51H2,1-2H3,(H,57,62)/b14-12-,18-16-,35-34+,43-41+. The molecule has 0 aliphatic rings. The summed E-state index contributed by atoms with van der Waals surface area (Å²) in [4.78, 5) is 12.6. The van der Waals surface area contributed by atoms with E-state index >= 15 is 0 Å². The predicted octanol–water partition coefficient (Wildman–Crippen LogP) is 15.4. The summed E-state index contributed by atoms with van der Waals surface area (Å²) in [6.45, 7) is 4.03. The number of aliphatic hydroxyl groups excluding tert-OH is 4. The van der Waals surface area contributed by atoms with Gasteiger partial charge in [-0.1, -0.05) is 242 Å². The van der Waals surface area contributed by atoms with E-state index in [1.165, 1.54) is 193 Å². The lowest BCUT2D eigenvalue weighted by Crippen LogP contribution is -2.53. The molecule has 1 amide bonds. The first kappa shape index (κ1) is 60.3. The molecule has 0 saturated carbocycles. The largest absolute Gasteiger partial charge is 0.394 e. The van der Waals surface area contributed by atoms with E-state index < -0.39 is 36.9 Å². The van der Waals surface area contributed by atoms with Crippen molar-refractivity contribution in [3.63, 3.8) is 0 Å². The zero-order valence-electron chi connectivity index (χ0n) is 41.1. The zero-order valence-corrected chi connectivity index (χ0v) is 41.1. The fourth-order valence-corrected chi connectivity index (χ4v) is 8.24. The summed E-state index contributed by atoms with van der Waals surface area (Å²) in [5, 5.41) is 43.9. The van der Waals surface area contributed by atoms with E-state index in [4.69, 9.17) is 0 Å². The molecule has 364 valence electrons. The molecule has 0 aromatic rings. The van der Waals surface area contributed by atoms with Crippen LogP contribution in [0.4, 0.5) is 0 Å². The second kappa shape index (κ2) is 50.3. The van der Waals surface area contributed by atoms with E-state index in [0.29, 0.717) is 19.3 Å². The number of carbonyl (C=O) groups is 1. The van der Waals surface area contributed by atoms with Gasteiger partial charge < -0.3 is 25.7 Å². The van der Waals surface area contributed by atoms with Gasteiger partial charge in [0.25, 0.3) is 0 Å². The molecule has 0 aromatic carbocycles. The van der Waals surface area contributed by atoms with E-state index in [1.54, 1.807) is 0 Å². The molecule has 0 aliphatic heterocycles. The van der Waals surface area contributed by atoms with E-state index in [0.717, 1.165) is 44.9 Å². The quantitative estimate of drug-likeness (QED) is 0.0238. The summed E-state index contributed by atoms with van der Waals surface area (Å²) in [5.74, 6) is -0.601. The number of rotatable bonds is 49. The molecule has 6 heteroatoms. The normalized spacial score (nSPS) is 14.2. The van der Waals surface area contributed by atoms with Crippen LogP contribution in [0.1, 0.15) is 271 Å². The van der Waals surface area contributed by atoms with Crippen LogP contribution >= 0.6 is 0 Å². The van der Waals surface area contributed by atoms with Gasteiger partial charge in [-0.05, 0) is 77.0 Å². The maximum Gasteiger partial charge on any atom is 0.249 e. The van der Waals surface area contributed by atoms with Crippen LogP contribution < -0.4 is 5.32 Å². The summed E-state index contributed by atoms with van der Waals surface area (Å²) < 4.78 is 0. The van der Waals surface area contributed by atoms with Gasteiger partial charge in [-0.15, -0.1) is 0 Å². The van der Waals surface area contributed by atoms with Crippen molar-refractivity contribution in [3.05, 3.63) is 48.6 Å². The highest BCUT2D eigenvalue weighted by Gasteiger charge is 2.28. The number of nitrogens with one attached hydrogen (secondary N) is 1. The van der Waals surface area contributed by atoms with Gasteiger partial charge in [0.15, 0.2) is 0 Å². The van der Waals surface area contributed by atoms with Gasteiger partial charge in [0, 0.05) is 0 Å². The van der Waals surface area contributed by atoms with Crippen molar-refractivity contribution in [1.82, 2.24) is 5.32 Å². The van der Waals surface area contributed by atoms with Crippen molar-refractivity contribution in [2.45, 2.75) is 295 Å². The first-order valence-electron chi connectivity index (χ1n) is 27.0.